The Kier molecular flexibility index (Phi) is 5.83. The fourth-order valence-corrected chi connectivity index (χ4v) is 2.93. The first kappa shape index (κ1) is 18.3. The largest absolute Gasteiger partial charge is 0.481 e. The highest BCUT2D eigenvalue weighted by Gasteiger charge is 2.26. The maximum Gasteiger partial charge on any atom is 0.315 e. The van der Waals surface area contributed by atoms with Gasteiger partial charge in [-0.25, -0.2) is 4.79 Å². The maximum absolute atomic E-state index is 11.9. The summed E-state index contributed by atoms with van der Waals surface area (Å²) in [5, 5.41) is 24.6. The van der Waals surface area contributed by atoms with Crippen LogP contribution in [0.15, 0.2) is 24.3 Å². The van der Waals surface area contributed by atoms with E-state index in [-0.39, 0.29) is 18.0 Å². The topological polar surface area (TPSA) is 98.7 Å². The van der Waals surface area contributed by atoms with Crippen LogP contribution in [-0.4, -0.2) is 28.3 Å². The van der Waals surface area contributed by atoms with E-state index in [9.17, 15) is 14.7 Å². The maximum atomic E-state index is 11.9. The molecule has 1 aromatic rings. The molecule has 1 fully saturated rings. The highest BCUT2D eigenvalue weighted by Crippen LogP contribution is 2.24. The van der Waals surface area contributed by atoms with Crippen molar-refractivity contribution in [1.82, 2.24) is 10.6 Å². The van der Waals surface area contributed by atoms with Gasteiger partial charge in [-0.1, -0.05) is 24.3 Å². The first-order chi connectivity index (χ1) is 11.3. The fraction of sp³-hybridized carbons (Fsp3) is 0.556. The molecule has 24 heavy (non-hydrogen) atoms. The van der Waals surface area contributed by atoms with Gasteiger partial charge >= 0.3 is 12.0 Å². The Morgan fingerprint density at radius 3 is 2.21 bits per heavy atom. The summed E-state index contributed by atoms with van der Waals surface area (Å²) in [6, 6.07) is 7.26. The van der Waals surface area contributed by atoms with Gasteiger partial charge in [0.15, 0.2) is 0 Å². The molecule has 132 valence electrons. The average molecular weight is 334 g/mol. The summed E-state index contributed by atoms with van der Waals surface area (Å²) in [6.45, 7) is 3.86. The van der Waals surface area contributed by atoms with E-state index in [2.05, 4.69) is 10.6 Å². The first-order valence-corrected chi connectivity index (χ1v) is 8.34. The molecule has 0 radical (unpaired) electrons. The van der Waals surface area contributed by atoms with E-state index >= 15 is 0 Å². The molecule has 1 aliphatic carbocycles. The predicted molar refractivity (Wildman–Crippen MR) is 90.4 cm³/mol. The number of carbonyl (C=O) groups excluding carboxylic acids is 1. The Balaban J connectivity index is 1.75. The number of aliphatic hydroxyl groups is 1. The van der Waals surface area contributed by atoms with E-state index in [1.807, 2.05) is 24.3 Å². The fourth-order valence-electron chi connectivity index (χ4n) is 2.93. The molecule has 0 bridgehead atoms. The van der Waals surface area contributed by atoms with E-state index in [0.29, 0.717) is 32.2 Å². The number of carbonyl (C=O) groups is 2. The Morgan fingerprint density at radius 1 is 1.12 bits per heavy atom. The SMILES string of the molecule is CC(C)(O)c1ccc(CNC(=O)NC2CCC(C(=O)O)CC2)cc1. The molecule has 0 heterocycles. The second-order valence-electron chi connectivity index (χ2n) is 6.97. The van der Waals surface area contributed by atoms with Crippen LogP contribution in [0.5, 0.6) is 0 Å². The third-order valence-corrected chi connectivity index (χ3v) is 4.53. The molecule has 2 amide bonds. The van der Waals surface area contributed by atoms with Crippen LogP contribution >= 0.6 is 0 Å². The Hall–Kier alpha value is -2.08. The Morgan fingerprint density at radius 2 is 1.71 bits per heavy atom. The van der Waals surface area contributed by atoms with Crippen LogP contribution in [-0.2, 0) is 16.9 Å². The van der Waals surface area contributed by atoms with Crippen molar-refractivity contribution in [1.29, 1.82) is 0 Å². The number of nitrogens with one attached hydrogen (secondary N) is 2. The third kappa shape index (κ3) is 5.23. The lowest BCUT2D eigenvalue weighted by Crippen LogP contribution is -2.43. The summed E-state index contributed by atoms with van der Waals surface area (Å²) >= 11 is 0. The molecule has 0 saturated heterocycles. The van der Waals surface area contributed by atoms with Crippen molar-refractivity contribution in [3.05, 3.63) is 35.4 Å². The lowest BCUT2D eigenvalue weighted by atomic mass is 9.86. The number of aliphatic carboxylic acids is 1. The number of urea groups is 1. The zero-order chi connectivity index (χ0) is 17.7. The summed E-state index contributed by atoms with van der Waals surface area (Å²) in [5.41, 5.74) is 0.900. The van der Waals surface area contributed by atoms with Crippen molar-refractivity contribution < 1.29 is 19.8 Å². The molecule has 1 aliphatic rings. The van der Waals surface area contributed by atoms with E-state index in [1.165, 1.54) is 0 Å². The van der Waals surface area contributed by atoms with Crippen LogP contribution in [0.4, 0.5) is 4.79 Å². The number of carboxylic acid groups (broad SMARTS) is 1. The highest BCUT2D eigenvalue weighted by atomic mass is 16.4. The summed E-state index contributed by atoms with van der Waals surface area (Å²) in [7, 11) is 0. The quantitative estimate of drug-likeness (QED) is 0.664. The van der Waals surface area contributed by atoms with Crippen LogP contribution < -0.4 is 10.6 Å². The first-order valence-electron chi connectivity index (χ1n) is 8.34. The van der Waals surface area contributed by atoms with Crippen LogP contribution in [0.3, 0.4) is 0 Å². The van der Waals surface area contributed by atoms with Gasteiger partial charge in [0, 0.05) is 12.6 Å². The summed E-state index contributed by atoms with van der Waals surface area (Å²) in [6.07, 6.45) is 2.62. The second kappa shape index (κ2) is 7.66. The van der Waals surface area contributed by atoms with Gasteiger partial charge < -0.3 is 20.8 Å². The zero-order valence-electron chi connectivity index (χ0n) is 14.2. The lowest BCUT2D eigenvalue weighted by Gasteiger charge is -2.26. The molecular formula is C18H26N2O4. The van der Waals surface area contributed by atoms with Gasteiger partial charge in [-0.3, -0.25) is 4.79 Å². The van der Waals surface area contributed by atoms with Crippen molar-refractivity contribution in [3.8, 4) is 0 Å². The zero-order valence-corrected chi connectivity index (χ0v) is 14.2. The highest BCUT2D eigenvalue weighted by molar-refractivity contribution is 5.74. The Bertz CT molecular complexity index is 570. The molecule has 0 unspecified atom stereocenters. The van der Waals surface area contributed by atoms with Gasteiger partial charge in [-0.05, 0) is 50.7 Å². The molecule has 6 heteroatoms. The summed E-state index contributed by atoms with van der Waals surface area (Å²) < 4.78 is 0. The number of hydrogen-bond acceptors (Lipinski definition) is 3. The van der Waals surface area contributed by atoms with Crippen molar-refractivity contribution >= 4 is 12.0 Å². The molecule has 0 aliphatic heterocycles. The minimum absolute atomic E-state index is 0.0400. The molecular weight excluding hydrogens is 308 g/mol. The molecule has 4 N–H and O–H groups in total. The van der Waals surface area contributed by atoms with Gasteiger partial charge in [-0.2, -0.15) is 0 Å². The molecule has 0 spiro atoms. The number of hydrogen-bond donors (Lipinski definition) is 4. The molecule has 0 aromatic heterocycles. The second-order valence-corrected chi connectivity index (χ2v) is 6.97. The van der Waals surface area contributed by atoms with Crippen molar-refractivity contribution in [2.24, 2.45) is 5.92 Å². The smallest absolute Gasteiger partial charge is 0.315 e. The number of rotatable bonds is 5. The molecule has 1 aromatic carbocycles. The number of amides is 2. The van der Waals surface area contributed by atoms with Crippen LogP contribution in [0.1, 0.15) is 50.7 Å². The van der Waals surface area contributed by atoms with Gasteiger partial charge in [0.25, 0.3) is 0 Å². The number of carboxylic acids is 1. The minimum atomic E-state index is -0.877. The van der Waals surface area contributed by atoms with Crippen molar-refractivity contribution in [3.63, 3.8) is 0 Å². The summed E-state index contributed by atoms with van der Waals surface area (Å²) in [4.78, 5) is 22.9. The third-order valence-electron chi connectivity index (χ3n) is 4.53. The van der Waals surface area contributed by atoms with Crippen molar-refractivity contribution in [2.45, 2.75) is 57.7 Å². The predicted octanol–water partition coefficient (Wildman–Crippen LogP) is 2.36. The van der Waals surface area contributed by atoms with Gasteiger partial charge in [0.2, 0.25) is 0 Å². The monoisotopic (exact) mass is 334 g/mol. The molecule has 0 atom stereocenters. The van der Waals surface area contributed by atoms with Gasteiger partial charge in [0.05, 0.1) is 11.5 Å². The van der Waals surface area contributed by atoms with Crippen LogP contribution in [0, 0.1) is 5.92 Å². The molecule has 1 saturated carbocycles. The average Bonchev–Trinajstić information content (AvgIpc) is 2.53. The lowest BCUT2D eigenvalue weighted by molar-refractivity contribution is -0.142. The van der Waals surface area contributed by atoms with Gasteiger partial charge in [-0.15, -0.1) is 0 Å². The molecule has 6 nitrogen and oxygen atoms in total. The van der Waals surface area contributed by atoms with Crippen LogP contribution in [0.25, 0.3) is 0 Å². The standard InChI is InChI=1S/C18H26N2O4/c1-18(2,24)14-7-3-12(4-8-14)11-19-17(23)20-15-9-5-13(6-10-15)16(21)22/h3-4,7-8,13,15,24H,5-6,9-11H2,1-2H3,(H,21,22)(H2,19,20,23). The number of benzene rings is 1. The van der Waals surface area contributed by atoms with E-state index in [0.717, 1.165) is 11.1 Å². The summed E-state index contributed by atoms with van der Waals surface area (Å²) in [5.74, 6) is -1.02. The molecule has 2 rings (SSSR count). The van der Waals surface area contributed by atoms with E-state index in [4.69, 9.17) is 5.11 Å². The van der Waals surface area contributed by atoms with E-state index in [1.54, 1.807) is 13.8 Å². The van der Waals surface area contributed by atoms with Gasteiger partial charge in [0.1, 0.15) is 0 Å². The van der Waals surface area contributed by atoms with Crippen LogP contribution in [0.2, 0.25) is 0 Å². The Labute approximate surface area is 142 Å². The normalized spacial score (nSPS) is 21.1. The van der Waals surface area contributed by atoms with E-state index < -0.39 is 11.6 Å². The van der Waals surface area contributed by atoms with Crippen molar-refractivity contribution in [2.75, 3.05) is 0 Å². The minimum Gasteiger partial charge on any atom is -0.481 e.